The highest BCUT2D eigenvalue weighted by atomic mass is 16.5. The molecule has 3 heteroatoms. The second kappa shape index (κ2) is 6.40. The number of hydrogen-bond donors (Lipinski definition) is 1. The van der Waals surface area contributed by atoms with Gasteiger partial charge in [-0.3, -0.25) is 0 Å². The Bertz CT molecular complexity index is 86.9. The van der Waals surface area contributed by atoms with Crippen molar-refractivity contribution in [3.63, 3.8) is 0 Å². The molecule has 0 aliphatic rings. The van der Waals surface area contributed by atoms with Gasteiger partial charge in [0.2, 0.25) is 0 Å². The molecule has 0 spiro atoms. The van der Waals surface area contributed by atoms with Crippen molar-refractivity contribution >= 4 is 0 Å². The molecule has 0 aromatic heterocycles. The summed E-state index contributed by atoms with van der Waals surface area (Å²) >= 11 is 0. The molecule has 0 bridgehead atoms. The van der Waals surface area contributed by atoms with E-state index in [2.05, 4.69) is 6.92 Å². The lowest BCUT2D eigenvalue weighted by Crippen LogP contribution is -2.35. The maximum absolute atomic E-state index is 9.21. The Morgan fingerprint density at radius 2 is 1.67 bits per heavy atom. The molecule has 0 saturated carbocycles. The number of methoxy groups -OCH3 is 2. The van der Waals surface area contributed by atoms with E-state index in [1.165, 1.54) is 0 Å². The smallest absolute Gasteiger partial charge is 0.0562 e. The van der Waals surface area contributed by atoms with Gasteiger partial charge in [0, 0.05) is 19.6 Å². The van der Waals surface area contributed by atoms with E-state index in [0.717, 1.165) is 12.8 Å². The highest BCUT2D eigenvalue weighted by Crippen LogP contribution is 2.23. The highest BCUT2D eigenvalue weighted by molar-refractivity contribution is 4.77. The maximum Gasteiger partial charge on any atom is 0.0562 e. The molecule has 0 amide bonds. The number of ether oxygens (including phenoxy) is 2. The summed E-state index contributed by atoms with van der Waals surface area (Å²) in [4.78, 5) is 0. The summed E-state index contributed by atoms with van der Waals surface area (Å²) in [6, 6.07) is 0. The Balaban J connectivity index is 4.06. The monoisotopic (exact) mass is 176 g/mol. The molecule has 0 aliphatic heterocycles. The van der Waals surface area contributed by atoms with Crippen LogP contribution in [0.5, 0.6) is 0 Å². The van der Waals surface area contributed by atoms with Gasteiger partial charge in [-0.15, -0.1) is 0 Å². The summed E-state index contributed by atoms with van der Waals surface area (Å²) in [6.45, 7) is 3.34. The minimum atomic E-state index is -0.196. The maximum atomic E-state index is 9.21. The molecule has 0 unspecified atom stereocenters. The van der Waals surface area contributed by atoms with Crippen LogP contribution < -0.4 is 0 Å². The van der Waals surface area contributed by atoms with Crippen LogP contribution in [0.2, 0.25) is 0 Å². The first kappa shape index (κ1) is 11.9. The van der Waals surface area contributed by atoms with Crippen LogP contribution in [0.15, 0.2) is 0 Å². The van der Waals surface area contributed by atoms with Crippen molar-refractivity contribution in [1.82, 2.24) is 0 Å². The summed E-state index contributed by atoms with van der Waals surface area (Å²) in [5, 5.41) is 9.21. The molecule has 0 rings (SSSR count). The molecule has 0 saturated heterocycles. The molecular formula is C9H20O3. The number of hydrogen-bond acceptors (Lipinski definition) is 3. The number of aliphatic hydroxyl groups excluding tert-OH is 1. The normalized spacial score (nSPS) is 12.0. The third kappa shape index (κ3) is 3.52. The third-order valence-corrected chi connectivity index (χ3v) is 2.02. The highest BCUT2D eigenvalue weighted by Gasteiger charge is 2.28. The first-order valence-corrected chi connectivity index (χ1v) is 4.33. The van der Waals surface area contributed by atoms with Gasteiger partial charge in [0.15, 0.2) is 0 Å². The Labute approximate surface area is 74.7 Å². The third-order valence-electron chi connectivity index (χ3n) is 2.02. The molecule has 0 heterocycles. The van der Waals surface area contributed by atoms with E-state index in [1.807, 2.05) is 0 Å². The summed E-state index contributed by atoms with van der Waals surface area (Å²) in [6.07, 6.45) is 1.97. The molecule has 3 nitrogen and oxygen atoms in total. The fourth-order valence-corrected chi connectivity index (χ4v) is 1.50. The standard InChI is InChI=1S/C9H20O3/c1-4-5-9(6-10,7-11-2)8-12-3/h10H,4-8H2,1-3H3. The largest absolute Gasteiger partial charge is 0.396 e. The summed E-state index contributed by atoms with van der Waals surface area (Å²) < 4.78 is 10.1. The molecule has 0 aromatic rings. The van der Waals surface area contributed by atoms with Crippen molar-refractivity contribution in [2.24, 2.45) is 5.41 Å². The van der Waals surface area contributed by atoms with Gasteiger partial charge >= 0.3 is 0 Å². The zero-order valence-electron chi connectivity index (χ0n) is 8.30. The Hall–Kier alpha value is -0.120. The van der Waals surface area contributed by atoms with Crippen LogP contribution in [0.4, 0.5) is 0 Å². The van der Waals surface area contributed by atoms with Gasteiger partial charge < -0.3 is 14.6 Å². The molecule has 74 valence electrons. The van der Waals surface area contributed by atoms with E-state index in [-0.39, 0.29) is 12.0 Å². The van der Waals surface area contributed by atoms with Crippen molar-refractivity contribution in [1.29, 1.82) is 0 Å². The van der Waals surface area contributed by atoms with Crippen LogP contribution in [0.25, 0.3) is 0 Å². The Morgan fingerprint density at radius 3 is 1.92 bits per heavy atom. The van der Waals surface area contributed by atoms with Crippen LogP contribution in [-0.2, 0) is 9.47 Å². The average molecular weight is 176 g/mol. The lowest BCUT2D eigenvalue weighted by Gasteiger charge is -2.29. The predicted octanol–water partition coefficient (Wildman–Crippen LogP) is 1.06. The van der Waals surface area contributed by atoms with Crippen molar-refractivity contribution < 1.29 is 14.6 Å². The predicted molar refractivity (Wildman–Crippen MR) is 48.2 cm³/mol. The minimum Gasteiger partial charge on any atom is -0.396 e. The van der Waals surface area contributed by atoms with Crippen molar-refractivity contribution in [2.75, 3.05) is 34.0 Å². The van der Waals surface area contributed by atoms with E-state index in [4.69, 9.17) is 9.47 Å². The van der Waals surface area contributed by atoms with E-state index in [1.54, 1.807) is 14.2 Å². The summed E-state index contributed by atoms with van der Waals surface area (Å²) in [5.74, 6) is 0. The summed E-state index contributed by atoms with van der Waals surface area (Å²) in [7, 11) is 3.30. The zero-order valence-corrected chi connectivity index (χ0v) is 8.30. The van der Waals surface area contributed by atoms with E-state index in [9.17, 15) is 5.11 Å². The zero-order chi connectivity index (χ0) is 9.45. The topological polar surface area (TPSA) is 38.7 Å². The van der Waals surface area contributed by atoms with Gasteiger partial charge in [-0.1, -0.05) is 13.3 Å². The lowest BCUT2D eigenvalue weighted by molar-refractivity contribution is -0.0314. The second-order valence-electron chi connectivity index (χ2n) is 3.27. The average Bonchev–Trinajstić information content (AvgIpc) is 2.06. The van der Waals surface area contributed by atoms with Crippen molar-refractivity contribution in [3.05, 3.63) is 0 Å². The van der Waals surface area contributed by atoms with Crippen molar-refractivity contribution in [3.8, 4) is 0 Å². The quantitative estimate of drug-likeness (QED) is 0.630. The first-order valence-electron chi connectivity index (χ1n) is 4.33. The van der Waals surface area contributed by atoms with Gasteiger partial charge in [-0.25, -0.2) is 0 Å². The molecule has 1 N–H and O–H groups in total. The second-order valence-corrected chi connectivity index (χ2v) is 3.27. The molecule has 0 aromatic carbocycles. The van der Waals surface area contributed by atoms with E-state index >= 15 is 0 Å². The van der Waals surface area contributed by atoms with Gasteiger partial charge in [0.1, 0.15) is 0 Å². The van der Waals surface area contributed by atoms with Crippen LogP contribution in [0.1, 0.15) is 19.8 Å². The molecule has 0 radical (unpaired) electrons. The molecule has 12 heavy (non-hydrogen) atoms. The van der Waals surface area contributed by atoms with Crippen LogP contribution >= 0.6 is 0 Å². The van der Waals surface area contributed by atoms with Crippen molar-refractivity contribution in [2.45, 2.75) is 19.8 Å². The summed E-state index contributed by atoms with van der Waals surface area (Å²) in [5.41, 5.74) is -0.196. The Kier molecular flexibility index (Phi) is 6.34. The van der Waals surface area contributed by atoms with Gasteiger partial charge in [0.25, 0.3) is 0 Å². The van der Waals surface area contributed by atoms with E-state index in [0.29, 0.717) is 13.2 Å². The lowest BCUT2D eigenvalue weighted by atomic mass is 9.86. The molecular weight excluding hydrogens is 156 g/mol. The minimum absolute atomic E-state index is 0.127. The SMILES string of the molecule is CCCC(CO)(COC)COC. The molecule has 0 fully saturated rings. The van der Waals surface area contributed by atoms with Crippen LogP contribution in [-0.4, -0.2) is 39.1 Å². The van der Waals surface area contributed by atoms with E-state index < -0.39 is 0 Å². The van der Waals surface area contributed by atoms with Crippen LogP contribution in [0.3, 0.4) is 0 Å². The fourth-order valence-electron chi connectivity index (χ4n) is 1.50. The van der Waals surface area contributed by atoms with Crippen LogP contribution in [0, 0.1) is 5.41 Å². The number of rotatable bonds is 7. The first-order chi connectivity index (χ1) is 5.74. The van der Waals surface area contributed by atoms with Gasteiger partial charge in [0.05, 0.1) is 19.8 Å². The van der Waals surface area contributed by atoms with Gasteiger partial charge in [-0.05, 0) is 6.42 Å². The molecule has 0 aliphatic carbocycles. The van der Waals surface area contributed by atoms with Gasteiger partial charge in [-0.2, -0.15) is 0 Å². The molecule has 0 atom stereocenters. The number of aliphatic hydroxyl groups is 1. The fraction of sp³-hybridized carbons (Fsp3) is 1.00. The Morgan fingerprint density at radius 1 is 1.17 bits per heavy atom.